The first-order valence-electron chi connectivity index (χ1n) is 9.79. The van der Waals surface area contributed by atoms with Gasteiger partial charge in [-0.15, -0.1) is 6.58 Å². The van der Waals surface area contributed by atoms with Crippen LogP contribution in [0.25, 0.3) is 0 Å². The monoisotopic (exact) mass is 469 g/mol. The third-order valence-electron chi connectivity index (χ3n) is 4.58. The molecule has 0 aromatic heterocycles. The maximum Gasteiger partial charge on any atom is 0.426 e. The summed E-state index contributed by atoms with van der Waals surface area (Å²) in [5.41, 5.74) is 4.43. The van der Waals surface area contributed by atoms with E-state index >= 15 is 0 Å². The van der Waals surface area contributed by atoms with Crippen molar-refractivity contribution in [1.82, 2.24) is 15.8 Å². The summed E-state index contributed by atoms with van der Waals surface area (Å²) in [6.45, 7) is 1.78. The van der Waals surface area contributed by atoms with Crippen molar-refractivity contribution in [3.63, 3.8) is 0 Å². The predicted molar refractivity (Wildman–Crippen MR) is 105 cm³/mol. The van der Waals surface area contributed by atoms with Crippen LogP contribution < -0.4 is 10.9 Å². The smallest absolute Gasteiger partial charge is 0.426 e. The fourth-order valence-corrected chi connectivity index (χ4v) is 3.09. The molecular weight excluding hydrogens is 448 g/mol. The molecule has 2 N–H and O–H groups in total. The van der Waals surface area contributed by atoms with E-state index in [-0.39, 0.29) is 24.3 Å². The minimum atomic E-state index is -3.42. The highest BCUT2D eigenvalue weighted by molar-refractivity contribution is 6.21. The van der Waals surface area contributed by atoms with Crippen molar-refractivity contribution >= 4 is 23.8 Å². The Morgan fingerprint density at radius 1 is 1.12 bits per heavy atom. The molecule has 2 heterocycles. The lowest BCUT2D eigenvalue weighted by atomic mass is 10.1. The number of fused-ring (bicyclic) bond motifs is 1. The van der Waals surface area contributed by atoms with Crippen molar-refractivity contribution < 1.29 is 46.9 Å². The number of hydrogen-bond acceptors (Lipinski definition) is 8. The topological polar surface area (TPSA) is 132 Å². The van der Waals surface area contributed by atoms with Gasteiger partial charge < -0.3 is 18.9 Å². The van der Waals surface area contributed by atoms with E-state index in [9.17, 15) is 28.0 Å². The molecule has 1 aromatic carbocycles. The SMILES string of the molecule is C=CCC(F)(F)OCCOC(=O)NNC(=O)[C@H]1OC[C@H](N2C(=O)c3ccccc3C2=O)CO1. The number of alkyl halides is 2. The number of carbonyl (C=O) groups is 4. The van der Waals surface area contributed by atoms with E-state index in [1.807, 2.05) is 10.9 Å². The van der Waals surface area contributed by atoms with Gasteiger partial charge in [0.1, 0.15) is 6.61 Å². The number of amides is 4. The molecule has 0 aliphatic carbocycles. The number of hydrazine groups is 1. The highest BCUT2D eigenvalue weighted by Crippen LogP contribution is 2.26. The van der Waals surface area contributed by atoms with Crippen molar-refractivity contribution in [3.8, 4) is 0 Å². The van der Waals surface area contributed by atoms with Crippen molar-refractivity contribution in [2.75, 3.05) is 26.4 Å². The maximum absolute atomic E-state index is 13.1. The number of nitrogens with one attached hydrogen (secondary N) is 2. The second-order valence-electron chi connectivity index (χ2n) is 6.91. The van der Waals surface area contributed by atoms with E-state index < -0.39 is 61.9 Å². The van der Waals surface area contributed by atoms with Crippen LogP contribution in [-0.2, 0) is 23.7 Å². The number of nitrogens with zero attached hydrogens (tertiary/aromatic N) is 1. The maximum atomic E-state index is 13.1. The molecular formula is C20H21F2N3O8. The average Bonchev–Trinajstić information content (AvgIpc) is 3.05. The molecule has 0 saturated carbocycles. The first-order chi connectivity index (χ1) is 15.7. The van der Waals surface area contributed by atoms with Gasteiger partial charge in [0, 0.05) is 0 Å². The van der Waals surface area contributed by atoms with Crippen LogP contribution in [0.2, 0.25) is 0 Å². The molecule has 13 heteroatoms. The van der Waals surface area contributed by atoms with Gasteiger partial charge in [-0.2, -0.15) is 8.78 Å². The molecule has 0 atom stereocenters. The van der Waals surface area contributed by atoms with E-state index in [1.165, 1.54) is 0 Å². The summed E-state index contributed by atoms with van der Waals surface area (Å²) in [6.07, 6.45) is -5.67. The number of benzene rings is 1. The highest BCUT2D eigenvalue weighted by Gasteiger charge is 2.42. The molecule has 33 heavy (non-hydrogen) atoms. The largest absolute Gasteiger partial charge is 0.446 e. The zero-order valence-corrected chi connectivity index (χ0v) is 17.3. The summed E-state index contributed by atoms with van der Waals surface area (Å²) >= 11 is 0. The molecule has 2 aliphatic heterocycles. The lowest BCUT2D eigenvalue weighted by Gasteiger charge is -2.32. The normalized spacial score (nSPS) is 20.2. The molecule has 1 fully saturated rings. The first-order valence-corrected chi connectivity index (χ1v) is 9.79. The van der Waals surface area contributed by atoms with Crippen LogP contribution in [0, 0.1) is 0 Å². The number of halogens is 2. The quantitative estimate of drug-likeness (QED) is 0.249. The van der Waals surface area contributed by atoms with Crippen molar-refractivity contribution in [1.29, 1.82) is 0 Å². The molecule has 4 amide bonds. The van der Waals surface area contributed by atoms with Gasteiger partial charge in [-0.25, -0.2) is 10.2 Å². The average molecular weight is 469 g/mol. The fourth-order valence-electron chi connectivity index (χ4n) is 3.09. The Balaban J connectivity index is 1.37. The van der Waals surface area contributed by atoms with Gasteiger partial charge in [-0.1, -0.05) is 18.2 Å². The van der Waals surface area contributed by atoms with Gasteiger partial charge in [-0.05, 0) is 12.1 Å². The van der Waals surface area contributed by atoms with Gasteiger partial charge in [0.15, 0.2) is 0 Å². The standard InChI is InChI=1S/C20H21F2N3O8/c1-2-7-20(21,22)33-9-8-30-19(29)24-23-15(26)18-31-10-12(11-32-18)25-16(27)13-5-3-4-6-14(13)17(25)28/h2-6,12,18H,1,7-11H2,(H,23,26)(H,24,29)/t12-,18-. The zero-order chi connectivity index (χ0) is 24.0. The van der Waals surface area contributed by atoms with Crippen LogP contribution in [-0.4, -0.2) is 73.6 Å². The molecule has 0 spiro atoms. The Morgan fingerprint density at radius 2 is 1.73 bits per heavy atom. The van der Waals surface area contributed by atoms with E-state index in [2.05, 4.69) is 16.1 Å². The summed E-state index contributed by atoms with van der Waals surface area (Å²) in [4.78, 5) is 49.6. The molecule has 3 rings (SSSR count). The van der Waals surface area contributed by atoms with Gasteiger partial charge in [-0.3, -0.25) is 24.7 Å². The second-order valence-corrected chi connectivity index (χ2v) is 6.91. The van der Waals surface area contributed by atoms with Gasteiger partial charge in [0.05, 0.1) is 43.4 Å². The number of rotatable bonds is 8. The van der Waals surface area contributed by atoms with Gasteiger partial charge in [0.25, 0.3) is 17.7 Å². The fraction of sp³-hybridized carbons (Fsp3) is 0.400. The number of ether oxygens (including phenoxy) is 4. The van der Waals surface area contributed by atoms with E-state index in [0.717, 1.165) is 11.0 Å². The van der Waals surface area contributed by atoms with Crippen LogP contribution in [0.5, 0.6) is 0 Å². The summed E-state index contributed by atoms with van der Waals surface area (Å²) in [5, 5.41) is 0. The van der Waals surface area contributed by atoms with Crippen LogP contribution in [0.15, 0.2) is 36.9 Å². The van der Waals surface area contributed by atoms with E-state index in [0.29, 0.717) is 0 Å². The third-order valence-corrected chi connectivity index (χ3v) is 4.58. The summed E-state index contributed by atoms with van der Waals surface area (Å²) < 4.78 is 45.5. The van der Waals surface area contributed by atoms with Gasteiger partial charge >= 0.3 is 12.2 Å². The van der Waals surface area contributed by atoms with Crippen molar-refractivity contribution in [2.24, 2.45) is 0 Å². The predicted octanol–water partition coefficient (Wildman–Crippen LogP) is 0.967. The Morgan fingerprint density at radius 3 is 2.30 bits per heavy atom. The summed E-state index contributed by atoms with van der Waals surface area (Å²) in [7, 11) is 0. The molecule has 1 aromatic rings. The Hall–Kier alpha value is -3.42. The van der Waals surface area contributed by atoms with Crippen molar-refractivity contribution in [3.05, 3.63) is 48.0 Å². The van der Waals surface area contributed by atoms with Crippen LogP contribution in [0.1, 0.15) is 27.1 Å². The number of hydrogen-bond donors (Lipinski definition) is 2. The van der Waals surface area contributed by atoms with E-state index in [1.54, 1.807) is 24.3 Å². The zero-order valence-electron chi connectivity index (χ0n) is 17.3. The molecule has 11 nitrogen and oxygen atoms in total. The van der Waals surface area contributed by atoms with Crippen molar-refractivity contribution in [2.45, 2.75) is 24.9 Å². The lowest BCUT2D eigenvalue weighted by Crippen LogP contribution is -2.55. The number of carbonyl (C=O) groups excluding carboxylic acids is 4. The molecule has 178 valence electrons. The molecule has 0 radical (unpaired) electrons. The Labute approximate surface area is 186 Å². The minimum Gasteiger partial charge on any atom is -0.446 e. The third kappa shape index (κ3) is 5.88. The Kier molecular flexibility index (Phi) is 7.68. The highest BCUT2D eigenvalue weighted by atomic mass is 19.3. The van der Waals surface area contributed by atoms with E-state index in [4.69, 9.17) is 9.47 Å². The Bertz CT molecular complexity index is 899. The van der Waals surface area contributed by atoms with Crippen LogP contribution >= 0.6 is 0 Å². The number of imide groups is 1. The molecule has 0 bridgehead atoms. The summed E-state index contributed by atoms with van der Waals surface area (Å²) in [5.74, 6) is -1.85. The lowest BCUT2D eigenvalue weighted by molar-refractivity contribution is -0.238. The molecule has 1 saturated heterocycles. The molecule has 2 aliphatic rings. The van der Waals surface area contributed by atoms with Gasteiger partial charge in [0.2, 0.25) is 6.29 Å². The summed E-state index contributed by atoms with van der Waals surface area (Å²) in [6, 6.07) is 5.63. The van der Waals surface area contributed by atoms with Crippen LogP contribution in [0.4, 0.5) is 13.6 Å². The minimum absolute atomic E-state index is 0.162. The molecule has 0 unspecified atom stereocenters. The second kappa shape index (κ2) is 10.5. The first kappa shape index (κ1) is 24.2. The van der Waals surface area contributed by atoms with Crippen LogP contribution in [0.3, 0.4) is 0 Å².